The summed E-state index contributed by atoms with van der Waals surface area (Å²) in [5, 5.41) is 9.92. The highest BCUT2D eigenvalue weighted by Gasteiger charge is 2.24. The van der Waals surface area contributed by atoms with Gasteiger partial charge in [-0.2, -0.15) is 4.98 Å². The molecule has 1 aromatic heterocycles. The van der Waals surface area contributed by atoms with Gasteiger partial charge in [-0.3, -0.25) is 4.79 Å². The smallest absolute Gasteiger partial charge is 0.249 e. The molecule has 0 spiro atoms. The maximum Gasteiger partial charge on any atom is 0.249 e. The molecular weight excluding hydrogens is 348 g/mol. The Labute approximate surface area is 151 Å². The molecule has 2 N–H and O–H groups in total. The first-order valence-corrected chi connectivity index (χ1v) is 7.77. The maximum atomic E-state index is 12.2. The number of carbonyl (C=O) groups excluding carboxylic acids is 1. The van der Waals surface area contributed by atoms with Crippen LogP contribution in [-0.2, 0) is 9.53 Å². The molecule has 1 aromatic carbocycles. The van der Waals surface area contributed by atoms with Crippen molar-refractivity contribution in [2.45, 2.75) is 19.0 Å². The average molecular weight is 369 g/mol. The van der Waals surface area contributed by atoms with Gasteiger partial charge in [0.25, 0.3) is 0 Å². The van der Waals surface area contributed by atoms with Gasteiger partial charge in [-0.05, 0) is 19.1 Å². The highest BCUT2D eigenvalue weighted by molar-refractivity contribution is 5.85. The Hall–Kier alpha value is -2.16. The van der Waals surface area contributed by atoms with Crippen LogP contribution >= 0.6 is 12.4 Å². The van der Waals surface area contributed by atoms with Crippen molar-refractivity contribution in [1.29, 1.82) is 0 Å². The van der Waals surface area contributed by atoms with E-state index in [9.17, 15) is 4.79 Å². The number of morpholine rings is 1. The minimum atomic E-state index is -0.395. The topological polar surface area (TPSA) is 98.5 Å². The van der Waals surface area contributed by atoms with Gasteiger partial charge in [0, 0.05) is 12.1 Å². The second kappa shape index (κ2) is 8.80. The van der Waals surface area contributed by atoms with Crippen molar-refractivity contribution in [1.82, 2.24) is 20.8 Å². The fourth-order valence-electron chi connectivity index (χ4n) is 2.40. The van der Waals surface area contributed by atoms with Gasteiger partial charge < -0.3 is 24.6 Å². The lowest BCUT2D eigenvalue weighted by atomic mass is 10.2. The van der Waals surface area contributed by atoms with Crippen LogP contribution in [0.15, 0.2) is 28.8 Å². The summed E-state index contributed by atoms with van der Waals surface area (Å²) in [4.78, 5) is 16.5. The first-order chi connectivity index (χ1) is 11.7. The molecule has 2 aromatic rings. The van der Waals surface area contributed by atoms with E-state index < -0.39 is 6.04 Å². The highest BCUT2D eigenvalue weighted by atomic mass is 35.5. The second-order valence-electron chi connectivity index (χ2n) is 5.50. The van der Waals surface area contributed by atoms with Crippen molar-refractivity contribution in [3.05, 3.63) is 30.2 Å². The number of nitrogens with zero attached hydrogens (tertiary/aromatic N) is 2. The van der Waals surface area contributed by atoms with E-state index in [0.717, 1.165) is 5.56 Å². The van der Waals surface area contributed by atoms with Crippen LogP contribution in [0.4, 0.5) is 0 Å². The summed E-state index contributed by atoms with van der Waals surface area (Å²) < 4.78 is 15.8. The SMILES string of the molecule is COc1cccc(-c2noc(C(C)NC(=O)C3COCCN3)n2)c1.Cl. The molecule has 2 unspecified atom stereocenters. The largest absolute Gasteiger partial charge is 0.497 e. The van der Waals surface area contributed by atoms with Crippen LogP contribution < -0.4 is 15.4 Å². The summed E-state index contributed by atoms with van der Waals surface area (Å²) >= 11 is 0. The van der Waals surface area contributed by atoms with Gasteiger partial charge in [0.1, 0.15) is 17.8 Å². The number of hydrogen-bond donors (Lipinski definition) is 2. The summed E-state index contributed by atoms with van der Waals surface area (Å²) in [6.07, 6.45) is 0. The predicted octanol–water partition coefficient (Wildman–Crippen LogP) is 1.33. The molecule has 1 aliphatic rings. The number of benzene rings is 1. The number of carbonyl (C=O) groups is 1. The lowest BCUT2D eigenvalue weighted by Crippen LogP contribution is -2.51. The quantitative estimate of drug-likeness (QED) is 0.821. The molecule has 8 nitrogen and oxygen atoms in total. The molecule has 1 saturated heterocycles. The number of halogens is 1. The highest BCUT2D eigenvalue weighted by Crippen LogP contribution is 2.22. The molecule has 0 aliphatic carbocycles. The molecule has 136 valence electrons. The van der Waals surface area contributed by atoms with E-state index in [1.807, 2.05) is 24.3 Å². The van der Waals surface area contributed by atoms with Crippen molar-refractivity contribution in [3.63, 3.8) is 0 Å². The van der Waals surface area contributed by atoms with E-state index in [4.69, 9.17) is 14.0 Å². The van der Waals surface area contributed by atoms with Gasteiger partial charge >= 0.3 is 0 Å². The molecule has 9 heteroatoms. The van der Waals surface area contributed by atoms with E-state index in [1.54, 1.807) is 14.0 Å². The number of amides is 1. The summed E-state index contributed by atoms with van der Waals surface area (Å²) in [5.41, 5.74) is 0.783. The summed E-state index contributed by atoms with van der Waals surface area (Å²) in [5.74, 6) is 1.36. The fourth-order valence-corrected chi connectivity index (χ4v) is 2.40. The molecule has 3 rings (SSSR count). The fraction of sp³-hybridized carbons (Fsp3) is 0.438. The van der Waals surface area contributed by atoms with Gasteiger partial charge in [-0.1, -0.05) is 17.3 Å². The third kappa shape index (κ3) is 4.68. The van der Waals surface area contributed by atoms with Crippen LogP contribution in [0.25, 0.3) is 11.4 Å². The molecule has 0 radical (unpaired) electrons. The molecule has 25 heavy (non-hydrogen) atoms. The van der Waals surface area contributed by atoms with Gasteiger partial charge in [-0.15, -0.1) is 12.4 Å². The molecular formula is C16H21ClN4O4. The van der Waals surface area contributed by atoms with E-state index in [1.165, 1.54) is 0 Å². The van der Waals surface area contributed by atoms with Crippen molar-refractivity contribution >= 4 is 18.3 Å². The number of ether oxygens (including phenoxy) is 2. The normalized spacial score (nSPS) is 18.1. The zero-order chi connectivity index (χ0) is 16.9. The Morgan fingerprint density at radius 1 is 1.48 bits per heavy atom. The number of hydrogen-bond acceptors (Lipinski definition) is 7. The van der Waals surface area contributed by atoms with Crippen LogP contribution in [0.3, 0.4) is 0 Å². The van der Waals surface area contributed by atoms with Gasteiger partial charge in [0.2, 0.25) is 17.6 Å². The standard InChI is InChI=1S/C16H20N4O4.ClH/c1-10(18-15(21)13-9-23-7-6-17-13)16-19-14(20-24-16)11-4-3-5-12(8-11)22-2;/h3-5,8,10,13,17H,6-7,9H2,1-2H3,(H,18,21);1H. The Morgan fingerprint density at radius 2 is 2.32 bits per heavy atom. The Bertz CT molecular complexity index is 703. The molecule has 0 saturated carbocycles. The van der Waals surface area contributed by atoms with E-state index in [-0.39, 0.29) is 24.4 Å². The first kappa shape index (κ1) is 19.2. The third-order valence-corrected chi connectivity index (χ3v) is 3.74. The van der Waals surface area contributed by atoms with Crippen LogP contribution in [-0.4, -0.2) is 49.0 Å². The first-order valence-electron chi connectivity index (χ1n) is 7.77. The Kier molecular flexibility index (Phi) is 6.74. The Balaban J connectivity index is 0.00000225. The molecule has 2 atom stereocenters. The van der Waals surface area contributed by atoms with E-state index >= 15 is 0 Å². The Morgan fingerprint density at radius 3 is 3.04 bits per heavy atom. The lowest BCUT2D eigenvalue weighted by molar-refractivity contribution is -0.126. The predicted molar refractivity (Wildman–Crippen MR) is 92.7 cm³/mol. The summed E-state index contributed by atoms with van der Waals surface area (Å²) in [6, 6.07) is 6.62. The van der Waals surface area contributed by atoms with Crippen LogP contribution in [0.1, 0.15) is 18.9 Å². The van der Waals surface area contributed by atoms with Gasteiger partial charge in [0.15, 0.2) is 0 Å². The minimum Gasteiger partial charge on any atom is -0.497 e. The zero-order valence-electron chi connectivity index (χ0n) is 14.0. The van der Waals surface area contributed by atoms with Crippen molar-refractivity contribution in [2.75, 3.05) is 26.9 Å². The third-order valence-electron chi connectivity index (χ3n) is 3.74. The number of aromatic nitrogens is 2. The second-order valence-corrected chi connectivity index (χ2v) is 5.50. The van der Waals surface area contributed by atoms with Gasteiger partial charge in [-0.25, -0.2) is 0 Å². The monoisotopic (exact) mass is 368 g/mol. The molecule has 2 heterocycles. The molecule has 1 fully saturated rings. The molecule has 1 aliphatic heterocycles. The molecule has 0 bridgehead atoms. The van der Waals surface area contributed by atoms with Crippen LogP contribution in [0, 0.1) is 0 Å². The maximum absolute atomic E-state index is 12.2. The minimum absolute atomic E-state index is 0. The number of methoxy groups -OCH3 is 1. The number of rotatable bonds is 5. The van der Waals surface area contributed by atoms with Crippen molar-refractivity contribution < 1.29 is 18.8 Å². The van der Waals surface area contributed by atoms with E-state index in [0.29, 0.717) is 37.2 Å². The van der Waals surface area contributed by atoms with Crippen LogP contribution in [0.2, 0.25) is 0 Å². The zero-order valence-corrected chi connectivity index (χ0v) is 14.8. The van der Waals surface area contributed by atoms with Crippen molar-refractivity contribution in [3.8, 4) is 17.1 Å². The van der Waals surface area contributed by atoms with Crippen LogP contribution in [0.5, 0.6) is 5.75 Å². The average Bonchev–Trinajstić information content (AvgIpc) is 3.13. The lowest BCUT2D eigenvalue weighted by Gasteiger charge is -2.23. The van der Waals surface area contributed by atoms with Gasteiger partial charge in [0.05, 0.1) is 20.3 Å². The van der Waals surface area contributed by atoms with Crippen molar-refractivity contribution in [2.24, 2.45) is 0 Å². The molecule has 1 amide bonds. The number of nitrogens with one attached hydrogen (secondary N) is 2. The summed E-state index contributed by atoms with van der Waals surface area (Å²) in [7, 11) is 1.60. The van der Waals surface area contributed by atoms with E-state index in [2.05, 4.69) is 20.8 Å². The summed E-state index contributed by atoms with van der Waals surface area (Å²) in [6.45, 7) is 3.43.